The van der Waals surface area contributed by atoms with Crippen LogP contribution in [0.1, 0.15) is 25.0 Å². The predicted octanol–water partition coefficient (Wildman–Crippen LogP) is 4.45. The largest absolute Gasteiger partial charge is 0.340 e. The summed E-state index contributed by atoms with van der Waals surface area (Å²) in [5.74, 6) is 0.824. The van der Waals surface area contributed by atoms with Gasteiger partial charge in [0, 0.05) is 5.75 Å². The van der Waals surface area contributed by atoms with Gasteiger partial charge in [-0.15, -0.1) is 11.8 Å². The minimum Gasteiger partial charge on any atom is -0.308 e. The van der Waals surface area contributed by atoms with Gasteiger partial charge in [0.15, 0.2) is 0 Å². The second kappa shape index (κ2) is 8.00. The Morgan fingerprint density at radius 1 is 1.11 bits per heavy atom. The Bertz CT molecular complexity index is 382. The van der Waals surface area contributed by atoms with Crippen molar-refractivity contribution >= 4 is 19.4 Å². The van der Waals surface area contributed by atoms with Gasteiger partial charge < -0.3 is 9.05 Å². The van der Waals surface area contributed by atoms with E-state index >= 15 is 0 Å². The van der Waals surface area contributed by atoms with Gasteiger partial charge in [0.25, 0.3) is 0 Å². The molecular formula is C13H21O3PS. The smallest absolute Gasteiger partial charge is 0.308 e. The Labute approximate surface area is 114 Å². The van der Waals surface area contributed by atoms with Crippen LogP contribution >= 0.6 is 19.4 Å². The van der Waals surface area contributed by atoms with Gasteiger partial charge in [0.05, 0.1) is 18.7 Å². The van der Waals surface area contributed by atoms with Crippen LogP contribution in [0.25, 0.3) is 0 Å². The number of hydrogen-bond acceptors (Lipinski definition) is 4. The summed E-state index contributed by atoms with van der Waals surface area (Å²) in [6, 6.07) is 8.35. The molecule has 0 radical (unpaired) electrons. The quantitative estimate of drug-likeness (QED) is 0.662. The highest BCUT2D eigenvalue weighted by atomic mass is 32.2. The van der Waals surface area contributed by atoms with E-state index in [9.17, 15) is 4.57 Å². The second-order valence-corrected chi connectivity index (χ2v) is 7.38. The first kappa shape index (κ1) is 15.8. The van der Waals surface area contributed by atoms with Crippen molar-refractivity contribution < 1.29 is 13.6 Å². The Hall–Kier alpha value is -0.280. The Morgan fingerprint density at radius 2 is 1.67 bits per heavy atom. The minimum absolute atomic E-state index is 0.405. The van der Waals surface area contributed by atoms with E-state index in [2.05, 4.69) is 31.2 Å². The fourth-order valence-corrected chi connectivity index (χ4v) is 4.61. The Balaban J connectivity index is 2.43. The molecule has 18 heavy (non-hydrogen) atoms. The van der Waals surface area contributed by atoms with Gasteiger partial charge in [-0.2, -0.15) is 0 Å². The maximum atomic E-state index is 12.2. The van der Waals surface area contributed by atoms with Crippen LogP contribution in [-0.2, 0) is 19.4 Å². The molecule has 0 atom stereocenters. The fraction of sp³-hybridized carbons (Fsp3) is 0.538. The van der Waals surface area contributed by atoms with Crippen molar-refractivity contribution in [1.82, 2.24) is 0 Å². The van der Waals surface area contributed by atoms with Crippen LogP contribution < -0.4 is 0 Å². The Morgan fingerprint density at radius 3 is 2.17 bits per heavy atom. The number of rotatable bonds is 8. The van der Waals surface area contributed by atoms with Crippen LogP contribution in [0.3, 0.4) is 0 Å². The normalized spacial score (nSPS) is 11.7. The molecule has 0 N–H and O–H groups in total. The Kier molecular flexibility index (Phi) is 7.02. The van der Waals surface area contributed by atoms with Gasteiger partial charge >= 0.3 is 7.60 Å². The van der Waals surface area contributed by atoms with Crippen molar-refractivity contribution in [3.63, 3.8) is 0 Å². The molecule has 1 aromatic rings. The lowest BCUT2D eigenvalue weighted by Crippen LogP contribution is -1.98. The molecule has 0 aliphatic heterocycles. The van der Waals surface area contributed by atoms with Crippen molar-refractivity contribution in [1.29, 1.82) is 0 Å². The molecule has 0 heterocycles. The average molecular weight is 288 g/mol. The maximum absolute atomic E-state index is 12.2. The van der Waals surface area contributed by atoms with Crippen LogP contribution in [-0.4, -0.2) is 18.7 Å². The molecule has 0 saturated heterocycles. The summed E-state index contributed by atoms with van der Waals surface area (Å²) in [7, 11) is -2.90. The van der Waals surface area contributed by atoms with Crippen LogP contribution in [0, 0.1) is 6.92 Å². The van der Waals surface area contributed by atoms with Gasteiger partial charge in [-0.05, 0) is 26.3 Å². The van der Waals surface area contributed by atoms with Crippen LogP contribution in [0.5, 0.6) is 0 Å². The molecule has 0 unspecified atom stereocenters. The number of hydrogen-bond donors (Lipinski definition) is 0. The van der Waals surface area contributed by atoms with Gasteiger partial charge in [-0.3, -0.25) is 4.57 Å². The zero-order valence-electron chi connectivity index (χ0n) is 11.2. The van der Waals surface area contributed by atoms with Crippen LogP contribution in [0.4, 0.5) is 0 Å². The van der Waals surface area contributed by atoms with Crippen molar-refractivity contribution in [2.45, 2.75) is 26.5 Å². The maximum Gasteiger partial charge on any atom is 0.340 e. The van der Waals surface area contributed by atoms with Crippen molar-refractivity contribution in [3.05, 3.63) is 35.4 Å². The highest BCUT2D eigenvalue weighted by Gasteiger charge is 2.23. The summed E-state index contributed by atoms with van der Waals surface area (Å²) in [5, 5.41) is 0. The van der Waals surface area contributed by atoms with E-state index in [4.69, 9.17) is 9.05 Å². The van der Waals surface area contributed by atoms with E-state index in [0.717, 1.165) is 5.75 Å². The van der Waals surface area contributed by atoms with Gasteiger partial charge in [0.1, 0.15) is 0 Å². The van der Waals surface area contributed by atoms with Crippen molar-refractivity contribution in [3.8, 4) is 0 Å². The third kappa shape index (κ3) is 5.57. The van der Waals surface area contributed by atoms with E-state index < -0.39 is 7.60 Å². The molecule has 0 amide bonds. The molecule has 102 valence electrons. The van der Waals surface area contributed by atoms with Crippen molar-refractivity contribution in [2.24, 2.45) is 0 Å². The molecule has 0 aliphatic carbocycles. The van der Waals surface area contributed by atoms with Crippen LogP contribution in [0.15, 0.2) is 24.3 Å². The molecule has 0 saturated carbocycles. The monoisotopic (exact) mass is 288 g/mol. The molecule has 3 nitrogen and oxygen atoms in total. The molecular weight excluding hydrogens is 267 g/mol. The van der Waals surface area contributed by atoms with E-state index in [1.54, 1.807) is 11.8 Å². The van der Waals surface area contributed by atoms with Gasteiger partial charge in [0.2, 0.25) is 0 Å². The predicted molar refractivity (Wildman–Crippen MR) is 78.2 cm³/mol. The summed E-state index contributed by atoms with van der Waals surface area (Å²) in [4.78, 5) is 0. The van der Waals surface area contributed by atoms with E-state index in [1.807, 2.05) is 13.8 Å². The first-order chi connectivity index (χ1) is 8.59. The number of thioether (sulfide) groups is 1. The minimum atomic E-state index is -2.90. The van der Waals surface area contributed by atoms with Gasteiger partial charge in [-0.1, -0.05) is 29.8 Å². The average Bonchev–Trinajstić information content (AvgIpc) is 2.32. The highest BCUT2D eigenvalue weighted by molar-refractivity contribution is 8.03. The van der Waals surface area contributed by atoms with E-state index in [1.165, 1.54) is 11.1 Å². The lowest BCUT2D eigenvalue weighted by molar-refractivity contribution is 0.224. The summed E-state index contributed by atoms with van der Waals surface area (Å²) >= 11 is 1.59. The molecule has 5 heteroatoms. The summed E-state index contributed by atoms with van der Waals surface area (Å²) < 4.78 is 22.7. The van der Waals surface area contributed by atoms with Gasteiger partial charge in [-0.25, -0.2) is 0 Å². The van der Waals surface area contributed by atoms with E-state index in [0.29, 0.717) is 18.7 Å². The SMILES string of the molecule is CCOP(=O)(CSCc1ccc(C)cc1)OCC. The standard InChI is InChI=1S/C13H21O3PS/c1-4-15-17(14,16-5-2)11-18-10-13-8-6-12(3)7-9-13/h6-9H,4-5,10-11H2,1-3H3. The zero-order chi connectivity index (χ0) is 13.4. The first-order valence-corrected chi connectivity index (χ1v) is 8.99. The second-order valence-electron chi connectivity index (χ2n) is 3.91. The molecule has 0 fully saturated rings. The molecule has 0 aromatic heterocycles. The molecule has 0 bridgehead atoms. The number of aryl methyl sites for hydroxylation is 1. The molecule has 0 aliphatic rings. The summed E-state index contributed by atoms with van der Waals surface area (Å²) in [6.07, 6.45) is 0. The third-order valence-corrected chi connectivity index (χ3v) is 6.13. The highest BCUT2D eigenvalue weighted by Crippen LogP contribution is 2.51. The topological polar surface area (TPSA) is 35.5 Å². The first-order valence-electron chi connectivity index (χ1n) is 6.11. The third-order valence-electron chi connectivity index (χ3n) is 2.29. The van der Waals surface area contributed by atoms with Crippen molar-refractivity contribution in [2.75, 3.05) is 18.7 Å². The molecule has 1 aromatic carbocycles. The van der Waals surface area contributed by atoms with E-state index in [-0.39, 0.29) is 0 Å². The fourth-order valence-electron chi connectivity index (χ4n) is 1.46. The zero-order valence-corrected chi connectivity index (χ0v) is 12.9. The molecule has 0 spiro atoms. The molecule has 1 rings (SSSR count). The number of benzene rings is 1. The summed E-state index contributed by atoms with van der Waals surface area (Å²) in [6.45, 7) is 6.56. The lowest BCUT2D eigenvalue weighted by atomic mass is 10.2. The van der Waals surface area contributed by atoms with Crippen LogP contribution in [0.2, 0.25) is 0 Å². The lowest BCUT2D eigenvalue weighted by Gasteiger charge is -2.16. The summed E-state index contributed by atoms with van der Waals surface area (Å²) in [5.41, 5.74) is 2.88.